The Kier molecular flexibility index (Phi) is 3.36. The fourth-order valence-electron chi connectivity index (χ4n) is 1.73. The van der Waals surface area contributed by atoms with Gasteiger partial charge in [0.15, 0.2) is 11.0 Å². The lowest BCUT2D eigenvalue weighted by Gasteiger charge is -2.08. The third-order valence-electron chi connectivity index (χ3n) is 2.63. The highest BCUT2D eigenvalue weighted by molar-refractivity contribution is 9.10. The van der Waals surface area contributed by atoms with Crippen LogP contribution in [0.25, 0.3) is 11.0 Å². The van der Waals surface area contributed by atoms with Crippen molar-refractivity contribution in [2.75, 3.05) is 5.32 Å². The highest BCUT2D eigenvalue weighted by Gasteiger charge is 2.06. The Bertz CT molecular complexity index is 728. The van der Waals surface area contributed by atoms with Gasteiger partial charge in [-0.2, -0.15) is 0 Å². The van der Waals surface area contributed by atoms with Crippen LogP contribution in [0, 0.1) is 0 Å². The Hall–Kier alpha value is -1.65. The summed E-state index contributed by atoms with van der Waals surface area (Å²) in [5.74, 6) is 0.558. The minimum atomic E-state index is 0.363. The molecule has 0 aliphatic rings. The van der Waals surface area contributed by atoms with E-state index >= 15 is 0 Å². The normalized spacial score (nSPS) is 10.6. The molecule has 0 aliphatic carbocycles. The second-order valence-corrected chi connectivity index (χ2v) is 5.26. The molecule has 2 aromatic carbocycles. The summed E-state index contributed by atoms with van der Waals surface area (Å²) in [7, 11) is 0. The third kappa shape index (κ3) is 2.69. The van der Waals surface area contributed by atoms with Gasteiger partial charge in [0.2, 0.25) is 0 Å². The third-order valence-corrected chi connectivity index (χ3v) is 3.43. The van der Waals surface area contributed by atoms with Gasteiger partial charge in [0.1, 0.15) is 0 Å². The molecule has 5 heteroatoms. The number of hydrogen-bond donors (Lipinski definition) is 1. The average molecular weight is 335 g/mol. The molecule has 1 N–H and O–H groups in total. The number of hydrogen-bond acceptors (Lipinski definition) is 3. The zero-order valence-electron chi connectivity index (χ0n) is 9.77. The summed E-state index contributed by atoms with van der Waals surface area (Å²) in [6.45, 7) is 0. The molecule has 0 aliphatic heterocycles. The largest absolute Gasteiger partial charge is 0.338 e. The van der Waals surface area contributed by atoms with Crippen LogP contribution in [0.2, 0.25) is 5.15 Å². The van der Waals surface area contributed by atoms with Crippen molar-refractivity contribution < 1.29 is 0 Å². The first-order valence-corrected chi connectivity index (χ1v) is 6.84. The van der Waals surface area contributed by atoms with Crippen LogP contribution < -0.4 is 5.32 Å². The lowest BCUT2D eigenvalue weighted by molar-refractivity contribution is 1.28. The van der Waals surface area contributed by atoms with Crippen molar-refractivity contribution in [2.24, 2.45) is 0 Å². The number of rotatable bonds is 2. The maximum Gasteiger partial charge on any atom is 0.172 e. The lowest BCUT2D eigenvalue weighted by atomic mass is 10.3. The van der Waals surface area contributed by atoms with Gasteiger partial charge >= 0.3 is 0 Å². The van der Waals surface area contributed by atoms with E-state index in [1.165, 1.54) is 0 Å². The van der Waals surface area contributed by atoms with E-state index < -0.39 is 0 Å². The molecule has 0 amide bonds. The fourth-order valence-corrected chi connectivity index (χ4v) is 2.17. The van der Waals surface area contributed by atoms with Gasteiger partial charge in [0.25, 0.3) is 0 Å². The van der Waals surface area contributed by atoms with Crippen LogP contribution in [0.3, 0.4) is 0 Å². The van der Waals surface area contributed by atoms with Crippen LogP contribution in [0.4, 0.5) is 11.5 Å². The predicted molar refractivity (Wildman–Crippen MR) is 82.0 cm³/mol. The molecule has 3 aromatic rings. The van der Waals surface area contributed by atoms with Crippen molar-refractivity contribution in [2.45, 2.75) is 0 Å². The molecule has 0 bridgehead atoms. The second kappa shape index (κ2) is 5.15. The van der Waals surface area contributed by atoms with E-state index in [-0.39, 0.29) is 0 Å². The number of nitrogens with one attached hydrogen (secondary N) is 1. The van der Waals surface area contributed by atoms with Crippen molar-refractivity contribution in [3.63, 3.8) is 0 Å². The minimum absolute atomic E-state index is 0.363. The Balaban J connectivity index is 2.00. The Morgan fingerprint density at radius 3 is 2.21 bits per heavy atom. The van der Waals surface area contributed by atoms with Crippen molar-refractivity contribution in [1.82, 2.24) is 9.97 Å². The van der Waals surface area contributed by atoms with Gasteiger partial charge in [-0.15, -0.1) is 0 Å². The minimum Gasteiger partial charge on any atom is -0.338 e. The highest BCUT2D eigenvalue weighted by atomic mass is 79.9. The first kappa shape index (κ1) is 12.4. The molecular weight excluding hydrogens is 326 g/mol. The second-order valence-electron chi connectivity index (χ2n) is 3.98. The van der Waals surface area contributed by atoms with Crippen LogP contribution >= 0.6 is 27.5 Å². The molecule has 0 saturated heterocycles. The van der Waals surface area contributed by atoms with Gasteiger partial charge in [0.05, 0.1) is 11.0 Å². The first-order chi connectivity index (χ1) is 9.22. The highest BCUT2D eigenvalue weighted by Crippen LogP contribution is 2.25. The van der Waals surface area contributed by atoms with Gasteiger partial charge in [0, 0.05) is 10.2 Å². The molecule has 0 spiro atoms. The monoisotopic (exact) mass is 333 g/mol. The number of anilines is 2. The molecule has 1 aromatic heterocycles. The van der Waals surface area contributed by atoms with Gasteiger partial charge in [-0.05, 0) is 36.4 Å². The summed E-state index contributed by atoms with van der Waals surface area (Å²) >= 11 is 9.54. The van der Waals surface area contributed by atoms with Crippen LogP contribution in [0.5, 0.6) is 0 Å². The average Bonchev–Trinajstić information content (AvgIpc) is 2.42. The van der Waals surface area contributed by atoms with E-state index in [9.17, 15) is 0 Å². The topological polar surface area (TPSA) is 37.8 Å². The molecular formula is C14H9BrClN3. The zero-order valence-corrected chi connectivity index (χ0v) is 12.1. The summed E-state index contributed by atoms with van der Waals surface area (Å²) in [6.07, 6.45) is 0. The Morgan fingerprint density at radius 1 is 0.895 bits per heavy atom. The maximum absolute atomic E-state index is 6.14. The summed E-state index contributed by atoms with van der Waals surface area (Å²) in [4.78, 5) is 8.80. The molecule has 0 saturated carbocycles. The van der Waals surface area contributed by atoms with E-state index in [4.69, 9.17) is 11.6 Å². The zero-order chi connectivity index (χ0) is 13.2. The van der Waals surface area contributed by atoms with E-state index in [0.29, 0.717) is 11.0 Å². The molecule has 0 radical (unpaired) electrons. The number of fused-ring (bicyclic) bond motifs is 1. The molecule has 94 valence electrons. The summed E-state index contributed by atoms with van der Waals surface area (Å²) < 4.78 is 1.02. The van der Waals surface area contributed by atoms with Crippen molar-refractivity contribution in [3.05, 3.63) is 58.2 Å². The number of nitrogens with zero attached hydrogens (tertiary/aromatic N) is 2. The summed E-state index contributed by atoms with van der Waals surface area (Å²) in [6, 6.07) is 15.4. The number of para-hydroxylation sites is 2. The number of halogens is 2. The van der Waals surface area contributed by atoms with Crippen LogP contribution in [0.1, 0.15) is 0 Å². The van der Waals surface area contributed by atoms with Crippen LogP contribution in [0.15, 0.2) is 53.0 Å². The van der Waals surface area contributed by atoms with E-state index in [2.05, 4.69) is 31.2 Å². The van der Waals surface area contributed by atoms with Crippen molar-refractivity contribution in [3.8, 4) is 0 Å². The fraction of sp³-hybridized carbons (Fsp3) is 0. The maximum atomic E-state index is 6.14. The molecule has 0 fully saturated rings. The molecule has 0 unspecified atom stereocenters. The molecule has 0 atom stereocenters. The quantitative estimate of drug-likeness (QED) is 0.732. The van der Waals surface area contributed by atoms with Crippen molar-refractivity contribution in [1.29, 1.82) is 0 Å². The first-order valence-electron chi connectivity index (χ1n) is 5.67. The number of benzene rings is 2. The Morgan fingerprint density at radius 2 is 1.53 bits per heavy atom. The molecule has 1 heterocycles. The van der Waals surface area contributed by atoms with E-state index in [1.807, 2.05) is 48.5 Å². The van der Waals surface area contributed by atoms with Gasteiger partial charge in [-0.3, -0.25) is 0 Å². The number of aromatic nitrogens is 2. The molecule has 3 nitrogen and oxygen atoms in total. The standard InChI is InChI=1S/C14H9BrClN3/c15-9-5-7-10(8-6-9)17-14-13(16)18-11-3-1-2-4-12(11)19-14/h1-8H,(H,17,19). The predicted octanol–water partition coefficient (Wildman–Crippen LogP) is 4.79. The van der Waals surface area contributed by atoms with Crippen LogP contribution in [-0.4, -0.2) is 9.97 Å². The molecule has 3 rings (SSSR count). The SMILES string of the molecule is Clc1nc2ccccc2nc1Nc1ccc(Br)cc1. The van der Waals surface area contributed by atoms with E-state index in [0.717, 1.165) is 21.2 Å². The van der Waals surface area contributed by atoms with Gasteiger partial charge in [-0.25, -0.2) is 9.97 Å². The van der Waals surface area contributed by atoms with Gasteiger partial charge < -0.3 is 5.32 Å². The van der Waals surface area contributed by atoms with Crippen LogP contribution in [-0.2, 0) is 0 Å². The molecule has 19 heavy (non-hydrogen) atoms. The lowest BCUT2D eigenvalue weighted by Crippen LogP contribution is -1.97. The van der Waals surface area contributed by atoms with Gasteiger partial charge in [-0.1, -0.05) is 39.7 Å². The summed E-state index contributed by atoms with van der Waals surface area (Å²) in [5.41, 5.74) is 2.51. The Labute approximate surface area is 123 Å². The smallest absolute Gasteiger partial charge is 0.172 e. The summed E-state index contributed by atoms with van der Waals surface area (Å²) in [5, 5.41) is 3.53. The van der Waals surface area contributed by atoms with Crippen molar-refractivity contribution >= 4 is 50.1 Å². The van der Waals surface area contributed by atoms with E-state index in [1.54, 1.807) is 0 Å².